The minimum absolute atomic E-state index is 1.06. The normalized spacial score (nSPS) is 11.4. The van der Waals surface area contributed by atoms with E-state index in [0.717, 1.165) is 11.3 Å². The Morgan fingerprint density at radius 1 is 1.06 bits per heavy atom. The van der Waals surface area contributed by atoms with Crippen LogP contribution in [-0.4, -0.2) is 9.55 Å². The number of imidazole rings is 1. The molecule has 0 atom stereocenters. The fourth-order valence-corrected chi connectivity index (χ4v) is 2.28. The number of aromatic nitrogens is 2. The second-order valence-corrected chi connectivity index (χ2v) is 4.38. The molecule has 0 saturated carbocycles. The number of hydrogen-bond acceptors (Lipinski definition) is 1. The van der Waals surface area contributed by atoms with E-state index < -0.39 is 0 Å². The topological polar surface area (TPSA) is 17.8 Å². The molecule has 0 radical (unpaired) electrons. The Kier molecular flexibility index (Phi) is 1.81. The SMILES string of the molecule is Cc1ccc2c(ccc3nc(C)n(C)c32)c1. The van der Waals surface area contributed by atoms with Crippen LogP contribution in [0.3, 0.4) is 0 Å². The van der Waals surface area contributed by atoms with Crippen LogP contribution in [0.25, 0.3) is 21.8 Å². The lowest BCUT2D eigenvalue weighted by molar-refractivity contribution is 0.888. The van der Waals surface area contributed by atoms with Crippen molar-refractivity contribution < 1.29 is 0 Å². The third kappa shape index (κ3) is 1.16. The summed E-state index contributed by atoms with van der Waals surface area (Å²) in [5.74, 6) is 1.06. The minimum atomic E-state index is 1.06. The molecule has 0 aliphatic rings. The van der Waals surface area contributed by atoms with E-state index >= 15 is 0 Å². The summed E-state index contributed by atoms with van der Waals surface area (Å²) >= 11 is 0. The van der Waals surface area contributed by atoms with Crippen molar-refractivity contribution in [2.75, 3.05) is 0 Å². The second kappa shape index (κ2) is 3.08. The van der Waals surface area contributed by atoms with Gasteiger partial charge in [-0.15, -0.1) is 0 Å². The van der Waals surface area contributed by atoms with Gasteiger partial charge in [0.15, 0.2) is 0 Å². The average molecular weight is 210 g/mol. The number of nitrogens with zero attached hydrogens (tertiary/aromatic N) is 2. The van der Waals surface area contributed by atoms with Gasteiger partial charge in [-0.1, -0.05) is 29.8 Å². The highest BCUT2D eigenvalue weighted by molar-refractivity contribution is 6.04. The standard InChI is InChI=1S/C14H14N2/c1-9-4-6-12-11(8-9)5-7-13-14(12)16(3)10(2)15-13/h4-8H,1-3H3. The highest BCUT2D eigenvalue weighted by Gasteiger charge is 2.07. The molecule has 3 rings (SSSR count). The molecule has 0 spiro atoms. The van der Waals surface area contributed by atoms with Gasteiger partial charge >= 0.3 is 0 Å². The maximum Gasteiger partial charge on any atom is 0.106 e. The van der Waals surface area contributed by atoms with Crippen molar-refractivity contribution in [1.29, 1.82) is 0 Å². The Morgan fingerprint density at radius 2 is 1.88 bits per heavy atom. The van der Waals surface area contributed by atoms with Gasteiger partial charge in [-0.25, -0.2) is 4.98 Å². The predicted molar refractivity (Wildman–Crippen MR) is 67.7 cm³/mol. The molecule has 1 aromatic heterocycles. The quantitative estimate of drug-likeness (QED) is 0.556. The van der Waals surface area contributed by atoms with Gasteiger partial charge in [0.2, 0.25) is 0 Å². The number of benzene rings is 2. The summed E-state index contributed by atoms with van der Waals surface area (Å²) in [4.78, 5) is 4.55. The van der Waals surface area contributed by atoms with E-state index in [2.05, 4.69) is 53.9 Å². The Hall–Kier alpha value is -1.83. The van der Waals surface area contributed by atoms with Crippen LogP contribution in [0, 0.1) is 13.8 Å². The molecule has 0 bridgehead atoms. The Balaban J connectivity index is 2.57. The molecule has 0 aliphatic carbocycles. The first-order valence-corrected chi connectivity index (χ1v) is 5.49. The summed E-state index contributed by atoms with van der Waals surface area (Å²) in [5.41, 5.74) is 3.61. The van der Waals surface area contributed by atoms with Crippen molar-refractivity contribution in [3.05, 3.63) is 41.7 Å². The van der Waals surface area contributed by atoms with E-state index in [1.807, 2.05) is 6.92 Å². The first-order chi connectivity index (χ1) is 7.66. The van der Waals surface area contributed by atoms with Crippen LogP contribution in [0.15, 0.2) is 30.3 Å². The van der Waals surface area contributed by atoms with E-state index in [-0.39, 0.29) is 0 Å². The summed E-state index contributed by atoms with van der Waals surface area (Å²) in [6, 6.07) is 10.8. The van der Waals surface area contributed by atoms with Crippen LogP contribution in [0.1, 0.15) is 11.4 Å². The lowest BCUT2D eigenvalue weighted by Gasteiger charge is -2.03. The molecular formula is C14H14N2. The van der Waals surface area contributed by atoms with Gasteiger partial charge in [0.25, 0.3) is 0 Å². The lowest BCUT2D eigenvalue weighted by atomic mass is 10.1. The monoisotopic (exact) mass is 210 g/mol. The molecule has 2 aromatic carbocycles. The Morgan fingerprint density at radius 3 is 2.69 bits per heavy atom. The number of fused-ring (bicyclic) bond motifs is 3. The molecule has 16 heavy (non-hydrogen) atoms. The van der Waals surface area contributed by atoms with Crippen molar-refractivity contribution >= 4 is 21.8 Å². The number of aryl methyl sites for hydroxylation is 3. The van der Waals surface area contributed by atoms with Crippen LogP contribution in [0.4, 0.5) is 0 Å². The van der Waals surface area contributed by atoms with Crippen LogP contribution >= 0.6 is 0 Å². The molecule has 0 N–H and O–H groups in total. The largest absolute Gasteiger partial charge is 0.331 e. The van der Waals surface area contributed by atoms with Crippen LogP contribution in [0.2, 0.25) is 0 Å². The molecule has 3 aromatic rings. The predicted octanol–water partition coefficient (Wildman–Crippen LogP) is 3.34. The first kappa shape index (κ1) is 9.40. The molecule has 2 heteroatoms. The van der Waals surface area contributed by atoms with Gasteiger partial charge in [-0.05, 0) is 25.3 Å². The smallest absolute Gasteiger partial charge is 0.106 e. The zero-order valence-electron chi connectivity index (χ0n) is 9.78. The van der Waals surface area contributed by atoms with Crippen LogP contribution in [-0.2, 0) is 7.05 Å². The van der Waals surface area contributed by atoms with Gasteiger partial charge in [0.05, 0.1) is 11.0 Å². The first-order valence-electron chi connectivity index (χ1n) is 5.49. The molecular weight excluding hydrogens is 196 g/mol. The third-order valence-electron chi connectivity index (χ3n) is 3.23. The highest BCUT2D eigenvalue weighted by atomic mass is 15.0. The summed E-state index contributed by atoms with van der Waals surface area (Å²) < 4.78 is 2.16. The molecule has 80 valence electrons. The molecule has 0 amide bonds. The van der Waals surface area contributed by atoms with Crippen molar-refractivity contribution in [2.24, 2.45) is 7.05 Å². The number of rotatable bonds is 0. The maximum absolute atomic E-state index is 4.55. The molecule has 0 fully saturated rings. The van der Waals surface area contributed by atoms with Gasteiger partial charge in [0.1, 0.15) is 5.82 Å². The van der Waals surface area contributed by atoms with Gasteiger partial charge in [-0.3, -0.25) is 0 Å². The maximum atomic E-state index is 4.55. The van der Waals surface area contributed by atoms with E-state index in [1.54, 1.807) is 0 Å². The molecule has 0 saturated heterocycles. The van der Waals surface area contributed by atoms with Crippen molar-refractivity contribution in [2.45, 2.75) is 13.8 Å². The van der Waals surface area contributed by atoms with Crippen molar-refractivity contribution in [3.63, 3.8) is 0 Å². The zero-order valence-corrected chi connectivity index (χ0v) is 9.78. The summed E-state index contributed by atoms with van der Waals surface area (Å²) in [5, 5.41) is 2.57. The molecule has 0 unspecified atom stereocenters. The van der Waals surface area contributed by atoms with E-state index in [1.165, 1.54) is 21.9 Å². The number of hydrogen-bond donors (Lipinski definition) is 0. The zero-order chi connectivity index (χ0) is 11.3. The molecule has 1 heterocycles. The third-order valence-corrected chi connectivity index (χ3v) is 3.23. The van der Waals surface area contributed by atoms with Gasteiger partial charge < -0.3 is 4.57 Å². The summed E-state index contributed by atoms with van der Waals surface area (Å²) in [7, 11) is 2.07. The van der Waals surface area contributed by atoms with E-state index in [4.69, 9.17) is 0 Å². The van der Waals surface area contributed by atoms with E-state index in [0.29, 0.717) is 0 Å². The molecule has 0 aliphatic heterocycles. The summed E-state index contributed by atoms with van der Waals surface area (Å²) in [6.07, 6.45) is 0. The van der Waals surface area contributed by atoms with Crippen LogP contribution < -0.4 is 0 Å². The second-order valence-electron chi connectivity index (χ2n) is 4.38. The fraction of sp³-hybridized carbons (Fsp3) is 0.214. The van der Waals surface area contributed by atoms with Gasteiger partial charge in [-0.2, -0.15) is 0 Å². The van der Waals surface area contributed by atoms with Crippen molar-refractivity contribution in [3.8, 4) is 0 Å². The van der Waals surface area contributed by atoms with Crippen LogP contribution in [0.5, 0.6) is 0 Å². The van der Waals surface area contributed by atoms with Crippen molar-refractivity contribution in [1.82, 2.24) is 9.55 Å². The lowest BCUT2D eigenvalue weighted by Crippen LogP contribution is -1.91. The Labute approximate surface area is 94.5 Å². The average Bonchev–Trinajstić information content (AvgIpc) is 2.55. The van der Waals surface area contributed by atoms with E-state index in [9.17, 15) is 0 Å². The summed E-state index contributed by atoms with van der Waals surface area (Å²) in [6.45, 7) is 4.16. The minimum Gasteiger partial charge on any atom is -0.331 e. The van der Waals surface area contributed by atoms with Gasteiger partial charge in [0, 0.05) is 12.4 Å². The molecule has 2 nitrogen and oxygen atoms in total. The highest BCUT2D eigenvalue weighted by Crippen LogP contribution is 2.26. The fourth-order valence-electron chi connectivity index (χ4n) is 2.28. The Bertz CT molecular complexity index is 693.